The van der Waals surface area contributed by atoms with E-state index in [9.17, 15) is 4.39 Å². The molecule has 0 amide bonds. The highest BCUT2D eigenvalue weighted by Crippen LogP contribution is 2.44. The van der Waals surface area contributed by atoms with Gasteiger partial charge in [0.15, 0.2) is 12.6 Å². The molecular weight excluding hydrogens is 718 g/mol. The van der Waals surface area contributed by atoms with E-state index in [-0.39, 0.29) is 42.1 Å². The third-order valence-corrected chi connectivity index (χ3v) is 19.1. The van der Waals surface area contributed by atoms with Crippen LogP contribution in [0.1, 0.15) is 110 Å². The van der Waals surface area contributed by atoms with Crippen LogP contribution >= 0.6 is 0 Å². The van der Waals surface area contributed by atoms with Gasteiger partial charge in [-0.25, -0.2) is 13.2 Å². The zero-order chi connectivity index (χ0) is 39.1. The molecule has 0 unspecified atom stereocenters. The van der Waals surface area contributed by atoms with Gasteiger partial charge in [0.25, 0.3) is 0 Å². The third-order valence-electron chi connectivity index (χ3n) is 12.8. The Morgan fingerprint density at radius 3 is 2.42 bits per heavy atom. The second-order valence-corrected chi connectivity index (χ2v) is 22.5. The molecule has 2 aliphatic heterocycles. The standard InChI is InChI=1S/C44H55F3N4O3Si/c1-27(2)55(28(3)4,29(5)6)19-16-34-37(46)15-14-31-20-33(54-26-52-7)21-35(38(31)34)41-39(47)42-36(23-48-41)40(30-12-9-8-10-13-30)49-43(50-42)53-25-44-17-11-18-51(44)24-32(45)22-44/h14-15,20-21,23,27-30,32H,8-13,17-18,22,24-26H2,1-7H3/t32-,44+/m1/s1. The Morgan fingerprint density at radius 1 is 0.964 bits per heavy atom. The maximum atomic E-state index is 17.5. The topological polar surface area (TPSA) is 69.6 Å². The molecule has 1 saturated carbocycles. The maximum absolute atomic E-state index is 17.5. The van der Waals surface area contributed by atoms with Crippen molar-refractivity contribution in [3.05, 3.63) is 53.4 Å². The van der Waals surface area contributed by atoms with Crippen molar-refractivity contribution in [2.24, 2.45) is 0 Å². The van der Waals surface area contributed by atoms with Crippen LogP contribution in [0.25, 0.3) is 32.9 Å². The fourth-order valence-corrected chi connectivity index (χ4v) is 15.4. The summed E-state index contributed by atoms with van der Waals surface area (Å²) < 4.78 is 65.7. The first-order valence-electron chi connectivity index (χ1n) is 20.2. The summed E-state index contributed by atoms with van der Waals surface area (Å²) in [6.07, 6.45) is 8.09. The van der Waals surface area contributed by atoms with Crippen LogP contribution in [0.5, 0.6) is 11.8 Å². The number of methoxy groups -OCH3 is 1. The van der Waals surface area contributed by atoms with E-state index in [1.807, 2.05) is 0 Å². The van der Waals surface area contributed by atoms with E-state index in [1.54, 1.807) is 24.4 Å². The minimum atomic E-state index is -2.27. The average Bonchev–Trinajstić information content (AvgIpc) is 3.69. The molecule has 2 aromatic carbocycles. The highest BCUT2D eigenvalue weighted by Gasteiger charge is 2.49. The van der Waals surface area contributed by atoms with Crippen molar-refractivity contribution in [3.8, 4) is 34.5 Å². The number of halogens is 3. The van der Waals surface area contributed by atoms with Crippen molar-refractivity contribution in [1.29, 1.82) is 0 Å². The third kappa shape index (κ3) is 7.35. The van der Waals surface area contributed by atoms with Gasteiger partial charge in [-0.15, -0.1) is 5.54 Å². The number of rotatable bonds is 11. The molecule has 0 N–H and O–H groups in total. The molecule has 7 nitrogen and oxygen atoms in total. The second kappa shape index (κ2) is 16.0. The first-order valence-corrected chi connectivity index (χ1v) is 22.4. The zero-order valence-corrected chi connectivity index (χ0v) is 34.4. The highest BCUT2D eigenvalue weighted by molar-refractivity contribution is 6.90. The Hall–Kier alpha value is -3.72. The molecule has 1 aliphatic carbocycles. The summed E-state index contributed by atoms with van der Waals surface area (Å²) >= 11 is 0. The molecule has 11 heteroatoms. The first-order chi connectivity index (χ1) is 26.4. The van der Waals surface area contributed by atoms with Crippen molar-refractivity contribution in [1.82, 2.24) is 19.9 Å². The lowest BCUT2D eigenvalue weighted by atomic mass is 9.85. The highest BCUT2D eigenvalue weighted by atomic mass is 28.3. The van der Waals surface area contributed by atoms with E-state index in [2.05, 4.69) is 57.9 Å². The molecule has 55 heavy (non-hydrogen) atoms. The molecule has 4 heterocycles. The van der Waals surface area contributed by atoms with Crippen LogP contribution in [-0.4, -0.2) is 73.2 Å². The number of alkyl halides is 1. The van der Waals surface area contributed by atoms with E-state index >= 15 is 8.78 Å². The molecule has 7 rings (SSSR count). The maximum Gasteiger partial charge on any atom is 0.317 e. The summed E-state index contributed by atoms with van der Waals surface area (Å²) in [5, 5.41) is 1.64. The number of fused-ring (bicyclic) bond motifs is 3. The summed E-state index contributed by atoms with van der Waals surface area (Å²) in [4.78, 5) is 16.6. The summed E-state index contributed by atoms with van der Waals surface area (Å²) in [6, 6.07) is 6.65. The number of ether oxygens (including phenoxy) is 3. The summed E-state index contributed by atoms with van der Waals surface area (Å²) in [5.41, 5.74) is 5.67. The van der Waals surface area contributed by atoms with Crippen LogP contribution in [-0.2, 0) is 4.74 Å². The Bertz CT molecular complexity index is 2090. The number of hydrogen-bond acceptors (Lipinski definition) is 7. The quantitative estimate of drug-likeness (QED) is 0.0854. The molecule has 2 aromatic heterocycles. The zero-order valence-electron chi connectivity index (χ0n) is 33.4. The Kier molecular flexibility index (Phi) is 11.5. The van der Waals surface area contributed by atoms with E-state index < -0.39 is 31.4 Å². The van der Waals surface area contributed by atoms with E-state index in [0.29, 0.717) is 57.1 Å². The number of hydrogen-bond donors (Lipinski definition) is 0. The fourth-order valence-electron chi connectivity index (χ4n) is 10.2. The normalized spacial score (nSPS) is 20.9. The number of benzene rings is 2. The van der Waals surface area contributed by atoms with Crippen LogP contribution in [0, 0.1) is 23.1 Å². The lowest BCUT2D eigenvalue weighted by Crippen LogP contribution is -2.43. The van der Waals surface area contributed by atoms with Gasteiger partial charge in [-0.3, -0.25) is 9.88 Å². The fraction of sp³-hybridized carbons (Fsp3) is 0.568. The van der Waals surface area contributed by atoms with E-state index in [0.717, 1.165) is 57.2 Å². The minimum Gasteiger partial charge on any atom is -0.468 e. The first kappa shape index (κ1) is 39.5. The van der Waals surface area contributed by atoms with Crippen molar-refractivity contribution in [3.63, 3.8) is 0 Å². The SMILES string of the molecule is COCOc1cc(-c2ncc3c(C4CCCCC4)nc(OC[C@@]45CCCN4C[C@H](F)C5)nc3c2F)c2c(C#C[Si](C(C)C)(C(C)C)C(C)C)c(F)ccc2c1. The van der Waals surface area contributed by atoms with Crippen LogP contribution in [0.3, 0.4) is 0 Å². The van der Waals surface area contributed by atoms with E-state index in [1.165, 1.54) is 13.2 Å². The van der Waals surface area contributed by atoms with Crippen LogP contribution in [0.4, 0.5) is 13.2 Å². The van der Waals surface area contributed by atoms with Crippen LogP contribution < -0.4 is 9.47 Å². The van der Waals surface area contributed by atoms with E-state index in [4.69, 9.17) is 29.2 Å². The molecule has 3 fully saturated rings. The van der Waals surface area contributed by atoms with Crippen molar-refractivity contribution in [2.45, 2.75) is 127 Å². The van der Waals surface area contributed by atoms with Crippen molar-refractivity contribution < 1.29 is 27.4 Å². The van der Waals surface area contributed by atoms with Gasteiger partial charge in [0.05, 0.1) is 16.8 Å². The minimum absolute atomic E-state index is 0.00461. The molecular formula is C44H55F3N4O3Si. The van der Waals surface area contributed by atoms with Gasteiger partial charge in [-0.05, 0) is 72.4 Å². The van der Waals surface area contributed by atoms with Gasteiger partial charge < -0.3 is 14.2 Å². The molecule has 3 aliphatic rings. The second-order valence-electron chi connectivity index (χ2n) is 17.0. The molecule has 2 atom stereocenters. The van der Waals surface area contributed by atoms with Gasteiger partial charge in [0.1, 0.15) is 43.6 Å². The lowest BCUT2D eigenvalue weighted by Gasteiger charge is -2.38. The molecule has 4 aromatic rings. The van der Waals surface area contributed by atoms with Crippen LogP contribution in [0.15, 0.2) is 30.5 Å². The Morgan fingerprint density at radius 2 is 1.71 bits per heavy atom. The van der Waals surface area contributed by atoms with Gasteiger partial charge >= 0.3 is 6.01 Å². The van der Waals surface area contributed by atoms with Crippen molar-refractivity contribution >= 4 is 29.7 Å². The van der Waals surface area contributed by atoms with Crippen LogP contribution in [0.2, 0.25) is 16.6 Å². The number of nitrogens with zero attached hydrogens (tertiary/aromatic N) is 4. The summed E-state index contributed by atoms with van der Waals surface area (Å²) in [5.74, 6) is 2.73. The molecule has 2 saturated heterocycles. The molecule has 0 bridgehead atoms. The Labute approximate surface area is 324 Å². The molecule has 0 radical (unpaired) electrons. The van der Waals surface area contributed by atoms with Gasteiger partial charge in [0.2, 0.25) is 0 Å². The molecule has 0 spiro atoms. The Balaban J connectivity index is 1.42. The smallest absolute Gasteiger partial charge is 0.317 e. The predicted octanol–water partition coefficient (Wildman–Crippen LogP) is 10.7. The van der Waals surface area contributed by atoms with Crippen molar-refractivity contribution in [2.75, 3.05) is 33.6 Å². The largest absolute Gasteiger partial charge is 0.468 e. The van der Waals surface area contributed by atoms with Gasteiger partial charge in [-0.1, -0.05) is 72.8 Å². The van der Waals surface area contributed by atoms with Gasteiger partial charge in [-0.2, -0.15) is 9.97 Å². The molecule has 294 valence electrons. The predicted molar refractivity (Wildman–Crippen MR) is 215 cm³/mol. The average molecular weight is 773 g/mol. The number of aromatic nitrogens is 3. The summed E-state index contributed by atoms with van der Waals surface area (Å²) in [6.45, 7) is 14.8. The lowest BCUT2D eigenvalue weighted by molar-refractivity contribution is 0.0512. The monoisotopic (exact) mass is 772 g/mol. The summed E-state index contributed by atoms with van der Waals surface area (Å²) in [7, 11) is -0.739. The number of pyridine rings is 1. The van der Waals surface area contributed by atoms with Gasteiger partial charge in [0, 0.05) is 48.5 Å².